The van der Waals surface area contributed by atoms with Gasteiger partial charge in [-0.25, -0.2) is 5.43 Å². The Morgan fingerprint density at radius 3 is 2.26 bits per heavy atom. The number of nitrogens with one attached hydrogen (secondary N) is 4. The second-order valence-electron chi connectivity index (χ2n) is 4.87. The Bertz CT molecular complexity index is 584. The molecule has 0 fully saturated rings. The number of benzene rings is 1. The van der Waals surface area contributed by atoms with Crippen molar-refractivity contribution in [2.45, 2.75) is 20.8 Å². The largest absolute Gasteiger partial charge is 0.397 e. The Hall–Kier alpha value is -2.48. The summed E-state index contributed by atoms with van der Waals surface area (Å²) >= 11 is 0. The minimum atomic E-state index is -0.271. The molecule has 0 aliphatic carbocycles. The molecule has 0 radical (unpaired) electrons. The molecule has 1 rings (SSSR count). The van der Waals surface area contributed by atoms with Gasteiger partial charge in [0.05, 0.1) is 28.3 Å². The second-order valence-corrected chi connectivity index (χ2v) is 4.87. The predicted octanol–water partition coefficient (Wildman–Crippen LogP) is 1.30. The summed E-state index contributed by atoms with van der Waals surface area (Å²) in [6.45, 7) is 6.26. The van der Waals surface area contributed by atoms with Crippen molar-refractivity contribution in [2.75, 3.05) is 48.9 Å². The quantitative estimate of drug-likeness (QED) is 0.382. The zero-order valence-corrected chi connectivity index (χ0v) is 14.3. The van der Waals surface area contributed by atoms with Gasteiger partial charge in [-0.3, -0.25) is 14.6 Å². The number of nitrogens with two attached hydrogens (primary N) is 1. The van der Waals surface area contributed by atoms with E-state index in [-0.39, 0.29) is 11.8 Å². The summed E-state index contributed by atoms with van der Waals surface area (Å²) in [5, 5.41) is 10.3. The van der Waals surface area contributed by atoms with Crippen LogP contribution in [0.1, 0.15) is 31.1 Å². The van der Waals surface area contributed by atoms with E-state index in [4.69, 9.17) is 5.73 Å². The molecule has 6 N–H and O–H groups in total. The first-order valence-corrected chi connectivity index (χ1v) is 7.56. The molecule has 0 unspecified atom stereocenters. The van der Waals surface area contributed by atoms with E-state index in [1.165, 1.54) is 11.9 Å². The van der Waals surface area contributed by atoms with E-state index in [1.807, 2.05) is 13.8 Å². The first-order valence-electron chi connectivity index (χ1n) is 7.56. The molecule has 0 atom stereocenters. The van der Waals surface area contributed by atoms with E-state index in [9.17, 15) is 9.59 Å². The molecular formula is C15H26N6O2. The van der Waals surface area contributed by atoms with Gasteiger partial charge in [-0.05, 0) is 19.9 Å². The minimum absolute atomic E-state index is 0.266. The van der Waals surface area contributed by atoms with Gasteiger partial charge < -0.3 is 21.7 Å². The maximum absolute atomic E-state index is 12.7. The number of amides is 2. The highest BCUT2D eigenvalue weighted by molar-refractivity contribution is 6.10. The van der Waals surface area contributed by atoms with Gasteiger partial charge in [-0.2, -0.15) is 0 Å². The molecule has 0 spiro atoms. The molecule has 8 nitrogen and oxygen atoms in total. The lowest BCUT2D eigenvalue weighted by atomic mass is 10.1. The molecule has 0 aliphatic rings. The third-order valence-corrected chi connectivity index (χ3v) is 3.32. The van der Waals surface area contributed by atoms with Crippen LogP contribution in [0.5, 0.6) is 0 Å². The number of nitrogens with zero attached hydrogens (tertiary/aromatic N) is 1. The summed E-state index contributed by atoms with van der Waals surface area (Å²) in [7, 11) is 3.40. The van der Waals surface area contributed by atoms with Crippen LogP contribution < -0.4 is 27.1 Å². The molecule has 0 bridgehead atoms. The topological polar surface area (TPSA) is 112 Å². The van der Waals surface area contributed by atoms with Gasteiger partial charge in [0.2, 0.25) is 5.91 Å². The van der Waals surface area contributed by atoms with Gasteiger partial charge in [-0.15, -0.1) is 0 Å². The van der Waals surface area contributed by atoms with Crippen molar-refractivity contribution < 1.29 is 9.59 Å². The summed E-state index contributed by atoms with van der Waals surface area (Å²) in [5.74, 6) is -0.537. The Balaban J connectivity index is 3.60. The summed E-state index contributed by atoms with van der Waals surface area (Å²) in [5.41, 5.74) is 11.3. The summed E-state index contributed by atoms with van der Waals surface area (Å²) in [4.78, 5) is 24.3. The molecule has 0 aliphatic heterocycles. The molecule has 0 saturated carbocycles. The molecule has 1 aromatic carbocycles. The van der Waals surface area contributed by atoms with E-state index in [0.717, 1.165) is 0 Å². The molecule has 8 heteroatoms. The van der Waals surface area contributed by atoms with Crippen molar-refractivity contribution in [1.29, 1.82) is 0 Å². The van der Waals surface area contributed by atoms with Crippen molar-refractivity contribution in [3.05, 3.63) is 11.6 Å². The summed E-state index contributed by atoms with van der Waals surface area (Å²) in [6, 6.07) is 1.57. The van der Waals surface area contributed by atoms with Crippen molar-refractivity contribution >= 4 is 34.6 Å². The van der Waals surface area contributed by atoms with E-state index in [2.05, 4.69) is 21.4 Å². The normalized spacial score (nSPS) is 10.1. The number of carbonyl (C=O) groups excluding carboxylic acids is 2. The Morgan fingerprint density at radius 2 is 1.83 bits per heavy atom. The lowest BCUT2D eigenvalue weighted by Gasteiger charge is -2.24. The van der Waals surface area contributed by atoms with E-state index in [0.29, 0.717) is 41.4 Å². The van der Waals surface area contributed by atoms with Gasteiger partial charge in [0, 0.05) is 34.1 Å². The van der Waals surface area contributed by atoms with E-state index >= 15 is 0 Å². The molecule has 0 aromatic heterocycles. The standard InChI is InChI=1S/C15H26N6O2/c1-6-19-14-12(20-9(3)22)10(8-11(16)13(14)17-4)15(23)21(7-2)18-5/h8,17-19H,6-7,16H2,1-5H3,(H,20,22). The van der Waals surface area contributed by atoms with Gasteiger partial charge in [0.1, 0.15) is 0 Å². The van der Waals surface area contributed by atoms with Crippen molar-refractivity contribution in [1.82, 2.24) is 10.4 Å². The molecule has 0 saturated heterocycles. The van der Waals surface area contributed by atoms with Gasteiger partial charge in [-0.1, -0.05) is 0 Å². The smallest absolute Gasteiger partial charge is 0.270 e. The highest BCUT2D eigenvalue weighted by Crippen LogP contribution is 2.39. The number of hydrogen-bond donors (Lipinski definition) is 5. The van der Waals surface area contributed by atoms with E-state index < -0.39 is 0 Å². The zero-order chi connectivity index (χ0) is 17.6. The highest BCUT2D eigenvalue weighted by atomic mass is 16.2. The number of hydrazine groups is 1. The minimum Gasteiger partial charge on any atom is -0.397 e. The maximum Gasteiger partial charge on any atom is 0.270 e. The van der Waals surface area contributed by atoms with Crippen LogP contribution in [0.3, 0.4) is 0 Å². The summed E-state index contributed by atoms with van der Waals surface area (Å²) < 4.78 is 0. The number of nitrogen functional groups attached to an aromatic ring is 1. The van der Waals surface area contributed by atoms with Crippen LogP contribution in [0.4, 0.5) is 22.7 Å². The first-order chi connectivity index (χ1) is 10.9. The lowest BCUT2D eigenvalue weighted by molar-refractivity contribution is -0.114. The highest BCUT2D eigenvalue weighted by Gasteiger charge is 2.24. The third-order valence-electron chi connectivity index (χ3n) is 3.32. The van der Waals surface area contributed by atoms with Crippen molar-refractivity contribution in [2.24, 2.45) is 0 Å². The van der Waals surface area contributed by atoms with Gasteiger partial charge >= 0.3 is 0 Å². The Labute approximate surface area is 136 Å². The first kappa shape index (κ1) is 18.6. The molecular weight excluding hydrogens is 296 g/mol. The van der Waals surface area contributed by atoms with Gasteiger partial charge in [0.15, 0.2) is 0 Å². The number of hydrogen-bond acceptors (Lipinski definition) is 6. The predicted molar refractivity (Wildman–Crippen MR) is 94.6 cm³/mol. The number of anilines is 4. The second kappa shape index (κ2) is 8.23. The number of carbonyl (C=O) groups is 2. The molecule has 0 heterocycles. The lowest BCUT2D eigenvalue weighted by Crippen LogP contribution is -2.40. The third kappa shape index (κ3) is 4.04. The average molecular weight is 322 g/mol. The molecule has 2 amide bonds. The summed E-state index contributed by atoms with van der Waals surface area (Å²) in [6.07, 6.45) is 0. The van der Waals surface area contributed by atoms with Crippen LogP contribution in [0.25, 0.3) is 0 Å². The Morgan fingerprint density at radius 1 is 1.17 bits per heavy atom. The number of rotatable bonds is 7. The average Bonchev–Trinajstić information content (AvgIpc) is 2.50. The van der Waals surface area contributed by atoms with Gasteiger partial charge in [0.25, 0.3) is 5.91 Å². The van der Waals surface area contributed by atoms with Crippen LogP contribution in [0, 0.1) is 0 Å². The van der Waals surface area contributed by atoms with Crippen LogP contribution in [0.2, 0.25) is 0 Å². The Kier molecular flexibility index (Phi) is 6.65. The van der Waals surface area contributed by atoms with Crippen molar-refractivity contribution in [3.8, 4) is 0 Å². The fraction of sp³-hybridized carbons (Fsp3) is 0.467. The van der Waals surface area contributed by atoms with Crippen LogP contribution in [-0.2, 0) is 4.79 Å². The zero-order valence-electron chi connectivity index (χ0n) is 14.3. The fourth-order valence-electron chi connectivity index (χ4n) is 2.35. The van der Waals surface area contributed by atoms with E-state index in [1.54, 1.807) is 20.2 Å². The molecule has 23 heavy (non-hydrogen) atoms. The SMILES string of the molecule is CCNc1c(NC)c(N)cc(C(=O)N(CC)NC)c1NC(C)=O. The molecule has 128 valence electrons. The van der Waals surface area contributed by atoms with Crippen LogP contribution in [-0.4, -0.2) is 44.0 Å². The van der Waals surface area contributed by atoms with Crippen molar-refractivity contribution in [3.63, 3.8) is 0 Å². The monoisotopic (exact) mass is 322 g/mol. The maximum atomic E-state index is 12.7. The fourth-order valence-corrected chi connectivity index (χ4v) is 2.35. The van der Waals surface area contributed by atoms with Crippen LogP contribution in [0.15, 0.2) is 6.07 Å². The molecule has 1 aromatic rings. The van der Waals surface area contributed by atoms with Crippen LogP contribution >= 0.6 is 0 Å².